The molecular formula is C23H21F2NO5S. The van der Waals surface area contributed by atoms with Gasteiger partial charge in [-0.3, -0.25) is 4.79 Å². The van der Waals surface area contributed by atoms with Crippen molar-refractivity contribution in [3.63, 3.8) is 0 Å². The van der Waals surface area contributed by atoms with Gasteiger partial charge in [0.05, 0.1) is 12.2 Å². The van der Waals surface area contributed by atoms with E-state index in [1.54, 1.807) is 18.2 Å². The van der Waals surface area contributed by atoms with Crippen LogP contribution in [0.4, 0.5) is 8.78 Å². The number of ether oxygens (including phenoxy) is 1. The van der Waals surface area contributed by atoms with E-state index in [1.807, 2.05) is 0 Å². The van der Waals surface area contributed by atoms with Crippen LogP contribution in [-0.2, 0) is 21.4 Å². The third-order valence-corrected chi connectivity index (χ3v) is 5.80. The molecule has 0 unspecified atom stereocenters. The van der Waals surface area contributed by atoms with Crippen molar-refractivity contribution >= 4 is 16.0 Å². The van der Waals surface area contributed by atoms with E-state index >= 15 is 0 Å². The van der Waals surface area contributed by atoms with Gasteiger partial charge in [0.15, 0.2) is 0 Å². The number of benzene rings is 3. The van der Waals surface area contributed by atoms with E-state index in [-0.39, 0.29) is 35.9 Å². The van der Waals surface area contributed by atoms with Gasteiger partial charge in [-0.15, -0.1) is 0 Å². The highest BCUT2D eigenvalue weighted by Gasteiger charge is 2.20. The SMILES string of the molecule is COCCN(Cc1cccc(OS(=O)(=O)c2ccc(F)cc2)c1)C(=O)c1ccccc1F. The summed E-state index contributed by atoms with van der Waals surface area (Å²) >= 11 is 0. The maximum atomic E-state index is 14.1. The summed E-state index contributed by atoms with van der Waals surface area (Å²) < 4.78 is 62.3. The van der Waals surface area contributed by atoms with Crippen molar-refractivity contribution in [2.75, 3.05) is 20.3 Å². The average molecular weight is 461 g/mol. The molecule has 3 rings (SSSR count). The van der Waals surface area contributed by atoms with E-state index in [0.717, 1.165) is 24.3 Å². The highest BCUT2D eigenvalue weighted by molar-refractivity contribution is 7.87. The first-order chi connectivity index (χ1) is 15.3. The number of rotatable bonds is 9. The summed E-state index contributed by atoms with van der Waals surface area (Å²) in [6.45, 7) is 0.502. The minimum Gasteiger partial charge on any atom is -0.383 e. The minimum absolute atomic E-state index is 0.0249. The monoisotopic (exact) mass is 461 g/mol. The van der Waals surface area contributed by atoms with Gasteiger partial charge in [-0.05, 0) is 54.1 Å². The van der Waals surface area contributed by atoms with Crippen molar-refractivity contribution in [3.8, 4) is 5.75 Å². The molecule has 0 spiro atoms. The lowest BCUT2D eigenvalue weighted by atomic mass is 10.1. The zero-order valence-corrected chi connectivity index (χ0v) is 18.0. The fourth-order valence-electron chi connectivity index (χ4n) is 2.95. The second kappa shape index (κ2) is 10.3. The molecule has 3 aromatic rings. The van der Waals surface area contributed by atoms with E-state index in [2.05, 4.69) is 0 Å². The maximum Gasteiger partial charge on any atom is 0.339 e. The Bertz CT molecular complexity index is 1180. The van der Waals surface area contributed by atoms with Crippen molar-refractivity contribution in [3.05, 3.63) is 95.6 Å². The summed E-state index contributed by atoms with van der Waals surface area (Å²) in [6.07, 6.45) is 0. The Morgan fingerprint density at radius 2 is 1.69 bits per heavy atom. The largest absolute Gasteiger partial charge is 0.383 e. The van der Waals surface area contributed by atoms with Gasteiger partial charge >= 0.3 is 10.1 Å². The van der Waals surface area contributed by atoms with Gasteiger partial charge in [0.25, 0.3) is 5.91 Å². The summed E-state index contributed by atoms with van der Waals surface area (Å²) in [5.74, 6) is -1.70. The molecule has 0 radical (unpaired) electrons. The quantitative estimate of drug-likeness (QED) is 0.450. The number of carbonyl (C=O) groups is 1. The zero-order valence-electron chi connectivity index (χ0n) is 17.2. The van der Waals surface area contributed by atoms with Gasteiger partial charge in [0.2, 0.25) is 0 Å². The standard InChI is InChI=1S/C23H21F2NO5S/c1-30-14-13-26(23(27)21-7-2-3-8-22(21)25)16-17-5-4-6-19(15-17)31-32(28,29)20-11-9-18(24)10-12-20/h2-12,15H,13-14,16H2,1H3. The maximum absolute atomic E-state index is 14.1. The lowest BCUT2D eigenvalue weighted by Crippen LogP contribution is -2.34. The highest BCUT2D eigenvalue weighted by Crippen LogP contribution is 2.22. The van der Waals surface area contributed by atoms with Gasteiger partial charge in [0.1, 0.15) is 22.3 Å². The van der Waals surface area contributed by atoms with Gasteiger partial charge in [0, 0.05) is 20.2 Å². The molecule has 0 heterocycles. The van der Waals surface area contributed by atoms with E-state index in [0.29, 0.717) is 5.56 Å². The topological polar surface area (TPSA) is 72.9 Å². The molecule has 0 saturated heterocycles. The summed E-state index contributed by atoms with van der Waals surface area (Å²) in [5, 5.41) is 0. The summed E-state index contributed by atoms with van der Waals surface area (Å²) in [4.78, 5) is 14.1. The van der Waals surface area contributed by atoms with Crippen molar-refractivity contribution in [2.24, 2.45) is 0 Å². The molecule has 0 aromatic heterocycles. The summed E-state index contributed by atoms with van der Waals surface area (Å²) in [5.41, 5.74) is 0.493. The third-order valence-electron chi connectivity index (χ3n) is 4.54. The van der Waals surface area contributed by atoms with Crippen LogP contribution in [0.3, 0.4) is 0 Å². The van der Waals surface area contributed by atoms with Crippen LogP contribution < -0.4 is 4.18 Å². The number of amides is 1. The van der Waals surface area contributed by atoms with Crippen molar-refractivity contribution < 1.29 is 30.9 Å². The van der Waals surface area contributed by atoms with Crippen LogP contribution in [-0.4, -0.2) is 39.5 Å². The van der Waals surface area contributed by atoms with Crippen LogP contribution in [0.5, 0.6) is 5.75 Å². The lowest BCUT2D eigenvalue weighted by Gasteiger charge is -2.23. The molecule has 0 atom stereocenters. The number of hydrogen-bond acceptors (Lipinski definition) is 5. The van der Waals surface area contributed by atoms with Crippen LogP contribution in [0.15, 0.2) is 77.7 Å². The second-order valence-electron chi connectivity index (χ2n) is 6.84. The number of halogens is 2. The Morgan fingerprint density at radius 1 is 0.969 bits per heavy atom. The molecule has 3 aromatic carbocycles. The first-order valence-corrected chi connectivity index (χ1v) is 11.0. The fraction of sp³-hybridized carbons (Fsp3) is 0.174. The summed E-state index contributed by atoms with van der Waals surface area (Å²) in [6, 6.07) is 16.1. The van der Waals surface area contributed by atoms with Crippen molar-refractivity contribution in [2.45, 2.75) is 11.4 Å². The molecule has 6 nitrogen and oxygen atoms in total. The molecule has 9 heteroatoms. The van der Waals surface area contributed by atoms with Gasteiger partial charge in [-0.1, -0.05) is 24.3 Å². The molecule has 0 fully saturated rings. The van der Waals surface area contributed by atoms with Gasteiger partial charge < -0.3 is 13.8 Å². The Kier molecular flexibility index (Phi) is 7.55. The molecule has 0 N–H and O–H groups in total. The predicted molar refractivity (Wildman–Crippen MR) is 114 cm³/mol. The lowest BCUT2D eigenvalue weighted by molar-refractivity contribution is 0.0675. The van der Waals surface area contributed by atoms with Crippen molar-refractivity contribution in [1.29, 1.82) is 0 Å². The number of hydrogen-bond donors (Lipinski definition) is 0. The molecular weight excluding hydrogens is 440 g/mol. The molecule has 0 saturated carbocycles. The Hall–Kier alpha value is -3.30. The van der Waals surface area contributed by atoms with Crippen molar-refractivity contribution in [1.82, 2.24) is 4.90 Å². The first-order valence-electron chi connectivity index (χ1n) is 9.62. The second-order valence-corrected chi connectivity index (χ2v) is 8.38. The molecule has 168 valence electrons. The van der Waals surface area contributed by atoms with Crippen LogP contribution in [0.2, 0.25) is 0 Å². The van der Waals surface area contributed by atoms with Crippen LogP contribution in [0.25, 0.3) is 0 Å². The number of methoxy groups -OCH3 is 1. The van der Waals surface area contributed by atoms with E-state index in [4.69, 9.17) is 8.92 Å². The van der Waals surface area contributed by atoms with Crippen LogP contribution in [0, 0.1) is 11.6 Å². The fourth-order valence-corrected chi connectivity index (χ4v) is 3.87. The average Bonchev–Trinajstić information content (AvgIpc) is 2.77. The van der Waals surface area contributed by atoms with E-state index in [9.17, 15) is 22.0 Å². The predicted octanol–water partition coefficient (Wildman–Crippen LogP) is 4.02. The minimum atomic E-state index is -4.17. The molecule has 0 aliphatic heterocycles. The Balaban J connectivity index is 1.81. The number of carbonyl (C=O) groups excluding carboxylic acids is 1. The molecule has 1 amide bonds. The van der Waals surface area contributed by atoms with Crippen LogP contribution in [0.1, 0.15) is 15.9 Å². The first kappa shape index (κ1) is 23.4. The molecule has 0 aliphatic carbocycles. The number of nitrogens with zero attached hydrogens (tertiary/aromatic N) is 1. The normalized spacial score (nSPS) is 11.2. The van der Waals surface area contributed by atoms with Crippen LogP contribution >= 0.6 is 0 Å². The molecule has 0 aliphatic rings. The van der Waals surface area contributed by atoms with E-state index < -0.39 is 27.7 Å². The van der Waals surface area contributed by atoms with Gasteiger partial charge in [-0.25, -0.2) is 8.78 Å². The molecule has 0 bridgehead atoms. The highest BCUT2D eigenvalue weighted by atomic mass is 32.2. The van der Waals surface area contributed by atoms with E-state index in [1.165, 1.54) is 42.3 Å². The Labute approximate surface area is 185 Å². The van der Waals surface area contributed by atoms with Gasteiger partial charge in [-0.2, -0.15) is 8.42 Å². The Morgan fingerprint density at radius 3 is 2.38 bits per heavy atom. The smallest absolute Gasteiger partial charge is 0.339 e. The third kappa shape index (κ3) is 5.89. The molecule has 32 heavy (non-hydrogen) atoms. The zero-order chi connectivity index (χ0) is 23.1. The summed E-state index contributed by atoms with van der Waals surface area (Å²) in [7, 11) is -2.68.